The Labute approximate surface area is 117 Å². The van der Waals surface area contributed by atoms with Gasteiger partial charge in [0.05, 0.1) is 24.6 Å². The van der Waals surface area contributed by atoms with Crippen LogP contribution in [0.3, 0.4) is 0 Å². The lowest BCUT2D eigenvalue weighted by atomic mass is 10.1. The first-order chi connectivity index (χ1) is 10.1. The Morgan fingerprint density at radius 3 is 2.86 bits per heavy atom. The fourth-order valence-corrected chi connectivity index (χ4v) is 1.99. The number of carbonyl (C=O) groups is 1. The minimum absolute atomic E-state index is 0.0997. The number of methoxy groups -OCH3 is 1. The molecule has 0 atom stereocenters. The van der Waals surface area contributed by atoms with E-state index in [1.165, 1.54) is 25.6 Å². The number of H-pyrrole nitrogens is 2. The highest BCUT2D eigenvalue weighted by atomic mass is 16.5. The van der Waals surface area contributed by atoms with Crippen molar-refractivity contribution >= 4 is 17.1 Å². The molecule has 0 aliphatic rings. The molecule has 3 N–H and O–H groups in total. The van der Waals surface area contributed by atoms with E-state index < -0.39 is 5.97 Å². The zero-order valence-corrected chi connectivity index (χ0v) is 10.9. The predicted octanol–water partition coefficient (Wildman–Crippen LogP) is 1.02. The lowest BCUT2D eigenvalue weighted by molar-refractivity contribution is 0.0696. The third-order valence-corrected chi connectivity index (χ3v) is 3.00. The second kappa shape index (κ2) is 4.75. The fourth-order valence-electron chi connectivity index (χ4n) is 1.99. The Morgan fingerprint density at radius 1 is 1.38 bits per heavy atom. The molecule has 8 heteroatoms. The molecule has 0 bridgehead atoms. The summed E-state index contributed by atoms with van der Waals surface area (Å²) in [5.74, 6) is -0.337. The van der Waals surface area contributed by atoms with Gasteiger partial charge >= 0.3 is 5.97 Å². The number of hydrogen-bond acceptors (Lipinski definition) is 5. The number of ether oxygens (including phenoxy) is 1. The third kappa shape index (κ3) is 2.12. The van der Waals surface area contributed by atoms with Crippen molar-refractivity contribution in [1.29, 1.82) is 0 Å². The molecular formula is C13H10N4O4. The monoisotopic (exact) mass is 286 g/mol. The van der Waals surface area contributed by atoms with Crippen LogP contribution in [0.4, 0.5) is 0 Å². The molecule has 106 valence electrons. The molecule has 0 radical (unpaired) electrons. The first-order valence-corrected chi connectivity index (χ1v) is 5.95. The Balaban J connectivity index is 2.20. The lowest BCUT2D eigenvalue weighted by Gasteiger charge is -2.06. The van der Waals surface area contributed by atoms with E-state index in [-0.39, 0.29) is 22.3 Å². The third-order valence-electron chi connectivity index (χ3n) is 3.00. The van der Waals surface area contributed by atoms with Gasteiger partial charge in [-0.3, -0.25) is 4.79 Å². The van der Waals surface area contributed by atoms with Crippen molar-refractivity contribution in [1.82, 2.24) is 19.9 Å². The number of benzene rings is 1. The minimum atomic E-state index is -1.05. The van der Waals surface area contributed by atoms with Gasteiger partial charge in [-0.05, 0) is 18.2 Å². The highest BCUT2D eigenvalue weighted by molar-refractivity contribution is 5.89. The van der Waals surface area contributed by atoms with Gasteiger partial charge in [0.15, 0.2) is 11.2 Å². The smallest absolute Gasteiger partial charge is 0.335 e. The van der Waals surface area contributed by atoms with Crippen LogP contribution < -0.4 is 10.3 Å². The van der Waals surface area contributed by atoms with Gasteiger partial charge in [-0.25, -0.2) is 14.8 Å². The van der Waals surface area contributed by atoms with E-state index in [1.54, 1.807) is 6.07 Å². The number of fused-ring (bicyclic) bond motifs is 1. The molecule has 0 aliphatic carbocycles. The van der Waals surface area contributed by atoms with E-state index in [2.05, 4.69) is 19.9 Å². The fraction of sp³-hybridized carbons (Fsp3) is 0.0769. The maximum Gasteiger partial charge on any atom is 0.335 e. The van der Waals surface area contributed by atoms with Crippen LogP contribution in [0.15, 0.2) is 29.3 Å². The molecule has 3 rings (SSSR count). The zero-order valence-electron chi connectivity index (χ0n) is 10.9. The molecule has 21 heavy (non-hydrogen) atoms. The molecule has 8 nitrogen and oxygen atoms in total. The van der Waals surface area contributed by atoms with E-state index in [0.29, 0.717) is 17.1 Å². The molecular weight excluding hydrogens is 276 g/mol. The summed E-state index contributed by atoms with van der Waals surface area (Å²) < 4.78 is 5.19. The van der Waals surface area contributed by atoms with E-state index in [9.17, 15) is 9.59 Å². The van der Waals surface area contributed by atoms with Gasteiger partial charge in [0, 0.05) is 0 Å². The Hall–Kier alpha value is -3.16. The minimum Gasteiger partial charge on any atom is -0.496 e. The van der Waals surface area contributed by atoms with Crippen molar-refractivity contribution in [3.8, 4) is 17.1 Å². The van der Waals surface area contributed by atoms with Crippen LogP contribution in [0, 0.1) is 0 Å². The number of aromatic carboxylic acids is 1. The number of carboxylic acids is 1. The average molecular weight is 286 g/mol. The largest absolute Gasteiger partial charge is 0.496 e. The molecule has 0 aliphatic heterocycles. The Bertz CT molecular complexity index is 897. The molecule has 0 saturated carbocycles. The molecule has 1 aromatic carbocycles. The van der Waals surface area contributed by atoms with Crippen LogP contribution in [0.25, 0.3) is 22.6 Å². The van der Waals surface area contributed by atoms with Gasteiger partial charge in [-0.15, -0.1) is 0 Å². The van der Waals surface area contributed by atoms with E-state index in [0.717, 1.165) is 0 Å². The normalized spacial score (nSPS) is 10.7. The van der Waals surface area contributed by atoms with Crippen LogP contribution in [0.5, 0.6) is 5.75 Å². The summed E-state index contributed by atoms with van der Waals surface area (Å²) in [6, 6.07) is 4.39. The number of aromatic amines is 2. The molecule has 0 saturated heterocycles. The van der Waals surface area contributed by atoms with Crippen LogP contribution in [0.1, 0.15) is 10.4 Å². The van der Waals surface area contributed by atoms with E-state index >= 15 is 0 Å². The van der Waals surface area contributed by atoms with Gasteiger partial charge in [0.1, 0.15) is 11.6 Å². The maximum absolute atomic E-state index is 11.6. The highest BCUT2D eigenvalue weighted by Gasteiger charge is 2.15. The van der Waals surface area contributed by atoms with E-state index in [1.807, 2.05) is 0 Å². The number of aromatic nitrogens is 4. The number of hydrogen-bond donors (Lipinski definition) is 3. The summed E-state index contributed by atoms with van der Waals surface area (Å²) in [4.78, 5) is 36.1. The van der Waals surface area contributed by atoms with Crippen LogP contribution in [-0.4, -0.2) is 38.1 Å². The molecule has 2 heterocycles. The summed E-state index contributed by atoms with van der Waals surface area (Å²) >= 11 is 0. The first-order valence-electron chi connectivity index (χ1n) is 5.95. The zero-order chi connectivity index (χ0) is 15.0. The van der Waals surface area contributed by atoms with Gasteiger partial charge in [-0.2, -0.15) is 0 Å². The number of nitrogens with one attached hydrogen (secondary N) is 2. The second-order valence-electron chi connectivity index (χ2n) is 4.24. The summed E-state index contributed by atoms with van der Waals surface area (Å²) in [6.45, 7) is 0. The summed E-state index contributed by atoms with van der Waals surface area (Å²) in [5.41, 5.74) is 0.831. The molecule has 3 aromatic rings. The average Bonchev–Trinajstić information content (AvgIpc) is 2.91. The Kier molecular flexibility index (Phi) is 2.90. The number of rotatable bonds is 3. The summed E-state index contributed by atoms with van der Waals surface area (Å²) in [5, 5.41) is 8.98. The van der Waals surface area contributed by atoms with Gasteiger partial charge in [-0.1, -0.05) is 0 Å². The van der Waals surface area contributed by atoms with Crippen molar-refractivity contribution < 1.29 is 14.6 Å². The second-order valence-corrected chi connectivity index (χ2v) is 4.24. The Morgan fingerprint density at radius 2 is 2.19 bits per heavy atom. The maximum atomic E-state index is 11.6. The number of imidazole rings is 1. The lowest BCUT2D eigenvalue weighted by Crippen LogP contribution is -2.05. The quantitative estimate of drug-likeness (QED) is 0.661. The van der Waals surface area contributed by atoms with Crippen molar-refractivity contribution in [2.24, 2.45) is 0 Å². The van der Waals surface area contributed by atoms with Gasteiger partial charge in [0.2, 0.25) is 0 Å². The molecule has 0 amide bonds. The van der Waals surface area contributed by atoms with Crippen molar-refractivity contribution in [2.75, 3.05) is 7.11 Å². The molecule has 2 aromatic heterocycles. The van der Waals surface area contributed by atoms with Gasteiger partial charge < -0.3 is 19.8 Å². The van der Waals surface area contributed by atoms with Crippen molar-refractivity contribution in [2.45, 2.75) is 0 Å². The summed E-state index contributed by atoms with van der Waals surface area (Å²) in [7, 11) is 1.43. The standard InChI is InChI=1S/C13H10N4O4/c1-21-8-4-6(13(19)20)2-3-7(8)10-16-9-11(17-10)14-5-15-12(9)18/h2-5H,1H3,(H,19,20)(H2,14,15,16,17,18). The van der Waals surface area contributed by atoms with Crippen molar-refractivity contribution in [3.63, 3.8) is 0 Å². The highest BCUT2D eigenvalue weighted by Crippen LogP contribution is 2.29. The summed E-state index contributed by atoms with van der Waals surface area (Å²) in [6.07, 6.45) is 1.26. The van der Waals surface area contributed by atoms with E-state index in [4.69, 9.17) is 9.84 Å². The topological polar surface area (TPSA) is 121 Å². The number of nitrogens with zero attached hydrogens (tertiary/aromatic N) is 2. The molecule has 0 unspecified atom stereocenters. The predicted molar refractivity (Wildman–Crippen MR) is 73.5 cm³/mol. The van der Waals surface area contributed by atoms with Crippen LogP contribution in [-0.2, 0) is 0 Å². The van der Waals surface area contributed by atoms with Gasteiger partial charge in [0.25, 0.3) is 5.56 Å². The number of carboxylic acid groups (broad SMARTS) is 1. The molecule has 0 fully saturated rings. The van der Waals surface area contributed by atoms with Crippen LogP contribution >= 0.6 is 0 Å². The SMILES string of the molecule is COc1cc(C(=O)O)ccc1-c1nc2nc[nH]c(=O)c2[nH]1. The first kappa shape index (κ1) is 12.9. The molecule has 0 spiro atoms. The van der Waals surface area contributed by atoms with Crippen LogP contribution in [0.2, 0.25) is 0 Å². The van der Waals surface area contributed by atoms with Crippen molar-refractivity contribution in [3.05, 3.63) is 40.4 Å².